The van der Waals surface area contributed by atoms with Crippen molar-refractivity contribution < 1.29 is 9.18 Å². The summed E-state index contributed by atoms with van der Waals surface area (Å²) in [6.07, 6.45) is 2.49. The largest absolute Gasteiger partial charge is 0.335 e. The first-order valence-corrected chi connectivity index (χ1v) is 8.13. The van der Waals surface area contributed by atoms with E-state index in [9.17, 15) is 9.18 Å². The van der Waals surface area contributed by atoms with Gasteiger partial charge in [0.2, 0.25) is 0 Å². The zero-order chi connectivity index (χ0) is 19.0. The second-order valence-electron chi connectivity index (χ2n) is 6.03. The number of nitriles is 1. The quantitative estimate of drug-likeness (QED) is 0.653. The molecule has 1 fully saturated rings. The average Bonchev–Trinajstić information content (AvgIpc) is 3.03. The van der Waals surface area contributed by atoms with E-state index in [-0.39, 0.29) is 12.1 Å². The molecule has 1 aliphatic heterocycles. The first kappa shape index (κ1) is 16.5. The van der Waals surface area contributed by atoms with E-state index in [2.05, 4.69) is 9.83 Å². The lowest BCUT2D eigenvalue weighted by atomic mass is 10.1. The molecular formula is C20H12FN5O. The topological polar surface area (TPSA) is 64.6 Å². The Bertz CT molecular complexity index is 1140. The fourth-order valence-electron chi connectivity index (χ4n) is 3.21. The maximum atomic E-state index is 14.0. The predicted molar refractivity (Wildman–Crippen MR) is 98.5 cm³/mol. The van der Waals surface area contributed by atoms with Crippen LogP contribution in [0, 0.1) is 23.7 Å². The average molecular weight is 357 g/mol. The van der Waals surface area contributed by atoms with E-state index in [1.165, 1.54) is 21.9 Å². The molecule has 1 aromatic heterocycles. The smallest absolute Gasteiger partial charge is 0.287 e. The molecule has 0 saturated carbocycles. The minimum atomic E-state index is -0.760. The highest BCUT2D eigenvalue weighted by molar-refractivity contribution is 6.11. The van der Waals surface area contributed by atoms with Crippen molar-refractivity contribution in [2.75, 3.05) is 16.3 Å². The van der Waals surface area contributed by atoms with Gasteiger partial charge in [-0.25, -0.2) is 20.7 Å². The van der Waals surface area contributed by atoms with Crippen molar-refractivity contribution in [3.8, 4) is 6.07 Å². The maximum Gasteiger partial charge on any atom is 0.335 e. The van der Waals surface area contributed by atoms with Crippen LogP contribution in [0.3, 0.4) is 0 Å². The van der Waals surface area contributed by atoms with Crippen LogP contribution >= 0.6 is 0 Å². The molecule has 1 aliphatic rings. The standard InChI is InChI=1S/C20H12FN5O/c1-23-19-12-25(15-7-6-13(9-22)17(21)8-15)20(27)26(19)18-11-24-10-14-4-2-3-5-16(14)18/h2-8,10-11,19H,12H2/t19-/m0/s1. The Morgan fingerprint density at radius 1 is 1.26 bits per heavy atom. The SMILES string of the molecule is [C-]#[N+][C@@H]1CN(c2ccc(C#N)c(F)c2)C(=O)N1c1cncc2ccccc12. The van der Waals surface area contributed by atoms with Gasteiger partial charge in [-0.3, -0.25) is 14.7 Å². The Morgan fingerprint density at radius 2 is 2.07 bits per heavy atom. The predicted octanol–water partition coefficient (Wildman–Crippen LogP) is 3.94. The van der Waals surface area contributed by atoms with Crippen molar-refractivity contribution >= 4 is 28.2 Å². The number of urea groups is 1. The van der Waals surface area contributed by atoms with Crippen molar-refractivity contribution in [3.63, 3.8) is 0 Å². The van der Waals surface area contributed by atoms with Crippen molar-refractivity contribution in [1.82, 2.24) is 4.98 Å². The second kappa shape index (κ2) is 6.40. The van der Waals surface area contributed by atoms with Gasteiger partial charge in [0.05, 0.1) is 17.4 Å². The van der Waals surface area contributed by atoms with Crippen LogP contribution in [0.2, 0.25) is 0 Å². The number of hydrogen-bond acceptors (Lipinski definition) is 3. The van der Waals surface area contributed by atoms with Gasteiger partial charge in [0, 0.05) is 22.7 Å². The van der Waals surface area contributed by atoms with Gasteiger partial charge in [0.15, 0.2) is 0 Å². The molecule has 1 saturated heterocycles. The van der Waals surface area contributed by atoms with E-state index in [1.807, 2.05) is 24.3 Å². The third-order valence-electron chi connectivity index (χ3n) is 4.52. The molecule has 2 aromatic carbocycles. The van der Waals surface area contributed by atoms with Crippen molar-refractivity contribution in [3.05, 3.63) is 77.7 Å². The molecule has 6 nitrogen and oxygen atoms in total. The van der Waals surface area contributed by atoms with Crippen LogP contribution in [0.25, 0.3) is 15.6 Å². The third kappa shape index (κ3) is 2.62. The molecule has 0 N–H and O–H groups in total. The number of aromatic nitrogens is 1. The normalized spacial score (nSPS) is 16.4. The molecule has 0 aliphatic carbocycles. The molecule has 130 valence electrons. The summed E-state index contributed by atoms with van der Waals surface area (Å²) in [5, 5.41) is 10.5. The lowest BCUT2D eigenvalue weighted by Crippen LogP contribution is -2.34. The van der Waals surface area contributed by atoms with Gasteiger partial charge in [-0.05, 0) is 18.2 Å². The fraction of sp³-hybridized carbons (Fsp3) is 0.100. The Kier molecular flexibility index (Phi) is 3.91. The second-order valence-corrected chi connectivity index (χ2v) is 6.03. The molecule has 0 unspecified atom stereocenters. The van der Waals surface area contributed by atoms with Crippen LogP contribution in [-0.2, 0) is 0 Å². The number of anilines is 2. The number of carbonyl (C=O) groups is 1. The van der Waals surface area contributed by atoms with Crippen molar-refractivity contribution in [1.29, 1.82) is 5.26 Å². The first-order chi connectivity index (χ1) is 13.1. The van der Waals surface area contributed by atoms with E-state index in [1.54, 1.807) is 18.5 Å². The number of carbonyl (C=O) groups excluding carboxylic acids is 1. The Labute approximate surface area is 154 Å². The van der Waals surface area contributed by atoms with E-state index < -0.39 is 18.0 Å². The van der Waals surface area contributed by atoms with Crippen molar-refractivity contribution in [2.24, 2.45) is 0 Å². The van der Waals surface area contributed by atoms with Gasteiger partial charge in [-0.15, -0.1) is 0 Å². The molecular weight excluding hydrogens is 345 g/mol. The molecule has 3 aromatic rings. The van der Waals surface area contributed by atoms with E-state index >= 15 is 0 Å². The van der Waals surface area contributed by atoms with Crippen LogP contribution < -0.4 is 9.80 Å². The lowest BCUT2D eigenvalue weighted by Gasteiger charge is -2.19. The van der Waals surface area contributed by atoms with Crippen LogP contribution in [-0.4, -0.2) is 23.7 Å². The Hall–Kier alpha value is -3.97. The molecule has 4 rings (SSSR count). The van der Waals surface area contributed by atoms with Crippen LogP contribution in [0.4, 0.5) is 20.6 Å². The number of benzene rings is 2. The number of fused-ring (bicyclic) bond motifs is 1. The van der Waals surface area contributed by atoms with Gasteiger partial charge in [-0.2, -0.15) is 5.26 Å². The minimum Gasteiger partial charge on any atom is -0.287 e. The zero-order valence-electron chi connectivity index (χ0n) is 14.0. The Balaban J connectivity index is 1.79. The van der Waals surface area contributed by atoms with Crippen LogP contribution in [0.15, 0.2) is 54.9 Å². The van der Waals surface area contributed by atoms with Gasteiger partial charge in [0.25, 0.3) is 0 Å². The van der Waals surface area contributed by atoms with E-state index in [0.717, 1.165) is 16.8 Å². The molecule has 1 atom stereocenters. The summed E-state index contributed by atoms with van der Waals surface area (Å²) in [5.41, 5.74) is 0.749. The summed E-state index contributed by atoms with van der Waals surface area (Å²) >= 11 is 0. The molecule has 0 bridgehead atoms. The molecule has 27 heavy (non-hydrogen) atoms. The zero-order valence-corrected chi connectivity index (χ0v) is 14.0. The number of pyridine rings is 1. The lowest BCUT2D eigenvalue weighted by molar-refractivity contribution is 0.255. The van der Waals surface area contributed by atoms with Gasteiger partial charge >= 0.3 is 12.2 Å². The highest BCUT2D eigenvalue weighted by Crippen LogP contribution is 2.34. The van der Waals surface area contributed by atoms with E-state index in [4.69, 9.17) is 11.8 Å². The van der Waals surface area contributed by atoms with E-state index in [0.29, 0.717) is 11.4 Å². The minimum absolute atomic E-state index is 0.0941. The summed E-state index contributed by atoms with van der Waals surface area (Å²) in [4.78, 5) is 23.6. The highest BCUT2D eigenvalue weighted by Gasteiger charge is 2.44. The Morgan fingerprint density at radius 3 is 2.81 bits per heavy atom. The van der Waals surface area contributed by atoms with Crippen molar-refractivity contribution in [2.45, 2.75) is 6.17 Å². The monoisotopic (exact) mass is 357 g/mol. The summed E-state index contributed by atoms with van der Waals surface area (Å²) in [6.45, 7) is 7.60. The first-order valence-electron chi connectivity index (χ1n) is 8.13. The van der Waals surface area contributed by atoms with Crippen LogP contribution in [0.5, 0.6) is 0 Å². The molecule has 2 amide bonds. The van der Waals surface area contributed by atoms with Gasteiger partial charge < -0.3 is 0 Å². The molecule has 0 spiro atoms. The van der Waals surface area contributed by atoms with Gasteiger partial charge in [0.1, 0.15) is 18.4 Å². The third-order valence-corrected chi connectivity index (χ3v) is 4.52. The summed E-state index contributed by atoms with van der Waals surface area (Å²) in [6, 6.07) is 12.8. The summed E-state index contributed by atoms with van der Waals surface area (Å²) in [5.74, 6) is -0.701. The number of rotatable bonds is 2. The summed E-state index contributed by atoms with van der Waals surface area (Å²) < 4.78 is 14.0. The number of nitrogens with zero attached hydrogens (tertiary/aromatic N) is 5. The molecule has 2 heterocycles. The molecule has 7 heteroatoms. The number of amides is 2. The molecule has 0 radical (unpaired) electrons. The summed E-state index contributed by atoms with van der Waals surface area (Å²) in [7, 11) is 0. The number of halogens is 1. The fourth-order valence-corrected chi connectivity index (χ4v) is 3.21. The van der Waals surface area contributed by atoms with Gasteiger partial charge in [-0.1, -0.05) is 24.3 Å². The number of hydrogen-bond donors (Lipinski definition) is 0. The highest BCUT2D eigenvalue weighted by atomic mass is 19.1. The van der Waals surface area contributed by atoms with Crippen LogP contribution in [0.1, 0.15) is 5.56 Å². The maximum absolute atomic E-state index is 14.0.